The lowest BCUT2D eigenvalue weighted by atomic mass is 10.2. The number of carbonyl (C=O) groups excluding carboxylic acids is 1. The van der Waals surface area contributed by atoms with Crippen molar-refractivity contribution in [1.29, 1.82) is 0 Å². The molecule has 0 bridgehead atoms. The van der Waals surface area contributed by atoms with E-state index in [-0.39, 0.29) is 11.9 Å². The Hall–Kier alpha value is -2.73. The van der Waals surface area contributed by atoms with Crippen LogP contribution in [0.3, 0.4) is 0 Å². The molecular weight excluding hydrogens is 368 g/mol. The SMILES string of the molecule is COc1ccc(C(N)=NOC(=O)c2ccc(Cl)cc2)cc1OC1CCCC1. The average Bonchev–Trinajstić information content (AvgIpc) is 3.19. The van der Waals surface area contributed by atoms with Crippen LogP contribution in [0.25, 0.3) is 0 Å². The molecule has 0 spiro atoms. The van der Waals surface area contributed by atoms with Crippen LogP contribution in [-0.2, 0) is 4.84 Å². The number of ether oxygens (including phenoxy) is 2. The van der Waals surface area contributed by atoms with E-state index >= 15 is 0 Å². The molecule has 0 atom stereocenters. The van der Waals surface area contributed by atoms with E-state index < -0.39 is 5.97 Å². The van der Waals surface area contributed by atoms with Crippen molar-refractivity contribution in [3.8, 4) is 11.5 Å². The largest absolute Gasteiger partial charge is 0.493 e. The molecule has 0 amide bonds. The molecule has 3 rings (SSSR count). The molecule has 1 fully saturated rings. The monoisotopic (exact) mass is 388 g/mol. The zero-order valence-electron chi connectivity index (χ0n) is 15.0. The predicted octanol–water partition coefficient (Wildman–Crippen LogP) is 4.15. The van der Waals surface area contributed by atoms with Gasteiger partial charge in [-0.25, -0.2) is 4.79 Å². The first kappa shape index (κ1) is 19.0. The van der Waals surface area contributed by atoms with Gasteiger partial charge in [0, 0.05) is 10.6 Å². The summed E-state index contributed by atoms with van der Waals surface area (Å²) in [4.78, 5) is 16.9. The van der Waals surface area contributed by atoms with Crippen LogP contribution in [0, 0.1) is 0 Å². The molecule has 0 radical (unpaired) electrons. The Kier molecular flexibility index (Phi) is 6.19. The maximum atomic E-state index is 12.0. The van der Waals surface area contributed by atoms with Gasteiger partial charge in [-0.3, -0.25) is 0 Å². The number of carbonyl (C=O) groups is 1. The van der Waals surface area contributed by atoms with Gasteiger partial charge in [-0.15, -0.1) is 0 Å². The summed E-state index contributed by atoms with van der Waals surface area (Å²) in [5.41, 5.74) is 6.88. The summed E-state index contributed by atoms with van der Waals surface area (Å²) in [6.45, 7) is 0. The van der Waals surface area contributed by atoms with Gasteiger partial charge in [-0.05, 0) is 68.1 Å². The number of oxime groups is 1. The van der Waals surface area contributed by atoms with Crippen LogP contribution in [0.2, 0.25) is 5.02 Å². The first-order chi connectivity index (χ1) is 13.1. The van der Waals surface area contributed by atoms with Crippen LogP contribution in [-0.4, -0.2) is 25.0 Å². The lowest BCUT2D eigenvalue weighted by molar-refractivity contribution is 0.0516. The summed E-state index contributed by atoms with van der Waals surface area (Å²) in [6.07, 6.45) is 4.55. The van der Waals surface area contributed by atoms with E-state index in [1.54, 1.807) is 49.6 Å². The van der Waals surface area contributed by atoms with E-state index in [0.717, 1.165) is 25.7 Å². The van der Waals surface area contributed by atoms with Gasteiger partial charge >= 0.3 is 5.97 Å². The molecule has 1 aliphatic carbocycles. The number of nitrogens with zero attached hydrogens (tertiary/aromatic N) is 1. The minimum atomic E-state index is -0.620. The molecule has 2 aromatic rings. The van der Waals surface area contributed by atoms with Gasteiger partial charge in [-0.2, -0.15) is 0 Å². The van der Waals surface area contributed by atoms with Crippen molar-refractivity contribution in [3.05, 3.63) is 58.6 Å². The van der Waals surface area contributed by atoms with E-state index in [4.69, 9.17) is 31.6 Å². The molecule has 142 valence electrons. The Bertz CT molecular complexity index is 830. The van der Waals surface area contributed by atoms with Crippen molar-refractivity contribution >= 4 is 23.4 Å². The Balaban J connectivity index is 1.72. The number of hydrogen-bond acceptors (Lipinski definition) is 5. The summed E-state index contributed by atoms with van der Waals surface area (Å²) in [5.74, 6) is 0.669. The van der Waals surface area contributed by atoms with Crippen LogP contribution in [0.1, 0.15) is 41.6 Å². The first-order valence-electron chi connectivity index (χ1n) is 8.72. The summed E-state index contributed by atoms with van der Waals surface area (Å²) >= 11 is 5.80. The highest BCUT2D eigenvalue weighted by atomic mass is 35.5. The zero-order valence-corrected chi connectivity index (χ0v) is 15.7. The van der Waals surface area contributed by atoms with Gasteiger partial charge in [0.25, 0.3) is 0 Å². The molecule has 7 heteroatoms. The molecule has 0 aromatic heterocycles. The maximum absolute atomic E-state index is 12.0. The fraction of sp³-hybridized carbons (Fsp3) is 0.300. The van der Waals surface area contributed by atoms with Crippen molar-refractivity contribution in [2.24, 2.45) is 10.9 Å². The van der Waals surface area contributed by atoms with Gasteiger partial charge < -0.3 is 20.0 Å². The predicted molar refractivity (Wildman–Crippen MR) is 103 cm³/mol. The van der Waals surface area contributed by atoms with Gasteiger partial charge in [0.05, 0.1) is 18.8 Å². The Morgan fingerprint density at radius 2 is 1.74 bits per heavy atom. The number of nitrogens with two attached hydrogens (primary N) is 1. The minimum Gasteiger partial charge on any atom is -0.493 e. The highest BCUT2D eigenvalue weighted by molar-refractivity contribution is 6.30. The first-order valence-corrected chi connectivity index (χ1v) is 9.10. The second-order valence-corrected chi connectivity index (χ2v) is 6.69. The van der Waals surface area contributed by atoms with Gasteiger partial charge in [0.2, 0.25) is 0 Å². The van der Waals surface area contributed by atoms with E-state index in [1.165, 1.54) is 0 Å². The van der Waals surface area contributed by atoms with Crippen LogP contribution < -0.4 is 15.2 Å². The molecule has 2 aromatic carbocycles. The molecular formula is C20H21ClN2O4. The van der Waals surface area contributed by atoms with E-state index in [0.29, 0.717) is 27.6 Å². The zero-order chi connectivity index (χ0) is 19.2. The third kappa shape index (κ3) is 4.92. The molecule has 6 nitrogen and oxygen atoms in total. The van der Waals surface area contributed by atoms with Crippen molar-refractivity contribution in [2.75, 3.05) is 7.11 Å². The van der Waals surface area contributed by atoms with Crippen molar-refractivity contribution in [2.45, 2.75) is 31.8 Å². The molecule has 0 heterocycles. The number of methoxy groups -OCH3 is 1. The Morgan fingerprint density at radius 3 is 2.41 bits per heavy atom. The third-order valence-electron chi connectivity index (χ3n) is 4.36. The number of benzene rings is 2. The molecule has 27 heavy (non-hydrogen) atoms. The number of rotatable bonds is 6. The van der Waals surface area contributed by atoms with E-state index in [9.17, 15) is 4.79 Å². The van der Waals surface area contributed by atoms with Crippen LogP contribution in [0.15, 0.2) is 47.6 Å². The minimum absolute atomic E-state index is 0.0660. The normalized spacial score (nSPS) is 14.8. The van der Waals surface area contributed by atoms with Gasteiger partial charge in [0.1, 0.15) is 0 Å². The van der Waals surface area contributed by atoms with Crippen molar-refractivity contribution in [3.63, 3.8) is 0 Å². The molecule has 0 saturated heterocycles. The standard InChI is InChI=1S/C20H21ClN2O4/c1-25-17-11-8-14(12-18(17)26-16-4-2-3-5-16)19(22)23-27-20(24)13-6-9-15(21)10-7-13/h6-12,16H,2-5H2,1H3,(H2,22,23). The van der Waals surface area contributed by atoms with Crippen molar-refractivity contribution < 1.29 is 19.1 Å². The lowest BCUT2D eigenvalue weighted by Crippen LogP contribution is -2.17. The van der Waals surface area contributed by atoms with E-state index in [1.807, 2.05) is 0 Å². The Labute approximate surface area is 162 Å². The molecule has 0 unspecified atom stereocenters. The summed E-state index contributed by atoms with van der Waals surface area (Å²) < 4.78 is 11.4. The number of halogens is 1. The highest BCUT2D eigenvalue weighted by Gasteiger charge is 2.19. The molecule has 1 aliphatic rings. The van der Waals surface area contributed by atoms with Crippen LogP contribution in [0.4, 0.5) is 0 Å². The molecule has 2 N–H and O–H groups in total. The van der Waals surface area contributed by atoms with Crippen LogP contribution >= 0.6 is 11.6 Å². The maximum Gasteiger partial charge on any atom is 0.365 e. The second-order valence-electron chi connectivity index (χ2n) is 6.25. The fourth-order valence-electron chi connectivity index (χ4n) is 2.90. The summed E-state index contributed by atoms with van der Waals surface area (Å²) in [7, 11) is 1.59. The van der Waals surface area contributed by atoms with Gasteiger partial charge in [0.15, 0.2) is 17.3 Å². The fourth-order valence-corrected chi connectivity index (χ4v) is 3.02. The topological polar surface area (TPSA) is 83.1 Å². The number of hydrogen-bond donors (Lipinski definition) is 1. The third-order valence-corrected chi connectivity index (χ3v) is 4.61. The second kappa shape index (κ2) is 8.77. The highest BCUT2D eigenvalue weighted by Crippen LogP contribution is 2.32. The number of amidine groups is 1. The molecule has 1 saturated carbocycles. The summed E-state index contributed by atoms with van der Waals surface area (Å²) in [6, 6.07) is 11.5. The smallest absolute Gasteiger partial charge is 0.365 e. The van der Waals surface area contributed by atoms with E-state index in [2.05, 4.69) is 5.16 Å². The quantitative estimate of drug-likeness (QED) is 0.348. The molecule has 0 aliphatic heterocycles. The van der Waals surface area contributed by atoms with Crippen molar-refractivity contribution in [1.82, 2.24) is 0 Å². The van der Waals surface area contributed by atoms with Crippen LogP contribution in [0.5, 0.6) is 11.5 Å². The average molecular weight is 389 g/mol. The lowest BCUT2D eigenvalue weighted by Gasteiger charge is -2.16. The van der Waals surface area contributed by atoms with Gasteiger partial charge in [-0.1, -0.05) is 16.8 Å². The summed E-state index contributed by atoms with van der Waals surface area (Å²) in [5, 5.41) is 4.27. The Morgan fingerprint density at radius 1 is 1.07 bits per heavy atom.